The molecule has 1 heterocycles. The van der Waals surface area contributed by atoms with Crippen molar-refractivity contribution in [2.24, 2.45) is 5.92 Å². The van der Waals surface area contributed by atoms with Gasteiger partial charge in [-0.1, -0.05) is 0 Å². The van der Waals surface area contributed by atoms with Gasteiger partial charge in [0.2, 0.25) is 0 Å². The third-order valence-corrected chi connectivity index (χ3v) is 2.92. The van der Waals surface area contributed by atoms with Gasteiger partial charge in [0.25, 0.3) is 0 Å². The van der Waals surface area contributed by atoms with Gasteiger partial charge < -0.3 is 9.47 Å². The molecule has 5 heteroatoms. The second-order valence-electron chi connectivity index (χ2n) is 4.32. The highest BCUT2D eigenvalue weighted by Crippen LogP contribution is 2.31. The third kappa shape index (κ3) is 3.63. The summed E-state index contributed by atoms with van der Waals surface area (Å²) >= 11 is 0. The van der Waals surface area contributed by atoms with E-state index in [0.29, 0.717) is 25.7 Å². The van der Waals surface area contributed by atoms with Crippen LogP contribution >= 0.6 is 0 Å². The minimum Gasteiger partial charge on any atom is -0.493 e. The van der Waals surface area contributed by atoms with Crippen LogP contribution in [0.3, 0.4) is 0 Å². The van der Waals surface area contributed by atoms with Gasteiger partial charge in [-0.25, -0.2) is 0 Å². The fourth-order valence-electron chi connectivity index (χ4n) is 1.82. The number of hydrogen-bond acceptors (Lipinski definition) is 2. The SMILES string of the molecule is FC(F)(F)c1c[c]cc(OCC2CCOCC2)c1. The Labute approximate surface area is 104 Å². The van der Waals surface area contributed by atoms with Crippen LogP contribution in [0.1, 0.15) is 18.4 Å². The molecule has 1 aliphatic heterocycles. The summed E-state index contributed by atoms with van der Waals surface area (Å²) in [6.45, 7) is 1.82. The quantitative estimate of drug-likeness (QED) is 0.829. The fraction of sp³-hybridized carbons (Fsp3) is 0.538. The number of rotatable bonds is 3. The predicted octanol–water partition coefficient (Wildman–Crippen LogP) is 3.31. The molecule has 0 aliphatic carbocycles. The van der Waals surface area contributed by atoms with Crippen LogP contribution in [0.25, 0.3) is 0 Å². The number of benzene rings is 1. The molecule has 1 aromatic rings. The minimum atomic E-state index is -4.35. The monoisotopic (exact) mass is 259 g/mol. The van der Waals surface area contributed by atoms with E-state index in [1.165, 1.54) is 6.07 Å². The summed E-state index contributed by atoms with van der Waals surface area (Å²) in [7, 11) is 0. The Bertz CT molecular complexity index is 384. The second kappa shape index (κ2) is 5.61. The van der Waals surface area contributed by atoms with E-state index < -0.39 is 11.7 Å². The zero-order valence-corrected chi connectivity index (χ0v) is 9.80. The Morgan fingerprint density at radius 3 is 2.67 bits per heavy atom. The summed E-state index contributed by atoms with van der Waals surface area (Å²) in [5.74, 6) is 0.574. The minimum absolute atomic E-state index is 0.219. The first-order valence-corrected chi connectivity index (χ1v) is 5.84. The molecular weight excluding hydrogens is 245 g/mol. The lowest BCUT2D eigenvalue weighted by Crippen LogP contribution is -2.21. The van der Waals surface area contributed by atoms with Gasteiger partial charge >= 0.3 is 6.18 Å². The summed E-state index contributed by atoms with van der Waals surface area (Å²) in [5.41, 5.74) is -0.730. The van der Waals surface area contributed by atoms with Gasteiger partial charge in [0.05, 0.1) is 12.2 Å². The molecule has 0 amide bonds. The van der Waals surface area contributed by atoms with Gasteiger partial charge in [-0.2, -0.15) is 13.2 Å². The Morgan fingerprint density at radius 1 is 1.28 bits per heavy atom. The zero-order chi connectivity index (χ0) is 13.0. The zero-order valence-electron chi connectivity index (χ0n) is 9.80. The van der Waals surface area contributed by atoms with Crippen LogP contribution < -0.4 is 4.74 Å². The van der Waals surface area contributed by atoms with Crippen molar-refractivity contribution < 1.29 is 22.6 Å². The largest absolute Gasteiger partial charge is 0.493 e. The maximum Gasteiger partial charge on any atom is 0.416 e. The summed E-state index contributed by atoms with van der Waals surface area (Å²) in [5, 5.41) is 0. The highest BCUT2D eigenvalue weighted by molar-refractivity contribution is 5.29. The van der Waals surface area contributed by atoms with Gasteiger partial charge in [0.15, 0.2) is 0 Å². The molecule has 1 fully saturated rings. The molecule has 1 radical (unpaired) electrons. The van der Waals surface area contributed by atoms with Crippen molar-refractivity contribution in [2.45, 2.75) is 19.0 Å². The van der Waals surface area contributed by atoms with E-state index in [1.807, 2.05) is 0 Å². The van der Waals surface area contributed by atoms with Crippen molar-refractivity contribution in [1.82, 2.24) is 0 Å². The summed E-state index contributed by atoms with van der Waals surface area (Å²) in [4.78, 5) is 0. The first-order valence-electron chi connectivity index (χ1n) is 5.84. The number of hydrogen-bond donors (Lipinski definition) is 0. The molecule has 1 aromatic carbocycles. The van der Waals surface area contributed by atoms with Crippen LogP contribution in [0.5, 0.6) is 5.75 Å². The molecular formula is C13H14F3O2. The van der Waals surface area contributed by atoms with Gasteiger partial charge in [-0.15, -0.1) is 0 Å². The fourth-order valence-corrected chi connectivity index (χ4v) is 1.82. The first-order chi connectivity index (χ1) is 8.55. The van der Waals surface area contributed by atoms with Crippen LogP contribution in [0, 0.1) is 12.0 Å². The predicted molar refractivity (Wildman–Crippen MR) is 59.3 cm³/mol. The maximum absolute atomic E-state index is 12.5. The normalized spacial score (nSPS) is 17.7. The van der Waals surface area contributed by atoms with E-state index in [1.54, 1.807) is 0 Å². The Hall–Kier alpha value is -1.23. The van der Waals surface area contributed by atoms with Crippen LogP contribution in [-0.4, -0.2) is 19.8 Å². The van der Waals surface area contributed by atoms with Crippen molar-refractivity contribution in [3.63, 3.8) is 0 Å². The lowest BCUT2D eigenvalue weighted by Gasteiger charge is -2.22. The molecule has 0 atom stereocenters. The average molecular weight is 259 g/mol. The Kier molecular flexibility index (Phi) is 4.11. The van der Waals surface area contributed by atoms with Crippen molar-refractivity contribution in [3.8, 4) is 5.75 Å². The molecule has 99 valence electrons. The molecule has 0 N–H and O–H groups in total. The Morgan fingerprint density at radius 2 is 2.00 bits per heavy atom. The van der Waals surface area contributed by atoms with Crippen LogP contribution in [0.4, 0.5) is 13.2 Å². The molecule has 1 saturated heterocycles. The molecule has 0 spiro atoms. The van der Waals surface area contributed by atoms with Gasteiger partial charge in [0.1, 0.15) is 5.75 Å². The number of alkyl halides is 3. The van der Waals surface area contributed by atoms with Crippen LogP contribution in [0.2, 0.25) is 0 Å². The third-order valence-electron chi connectivity index (χ3n) is 2.92. The number of ether oxygens (including phenoxy) is 2. The lowest BCUT2D eigenvalue weighted by atomic mass is 10.0. The van der Waals surface area contributed by atoms with E-state index in [-0.39, 0.29) is 5.75 Å². The molecule has 2 nitrogen and oxygen atoms in total. The standard InChI is InChI=1S/C13H14F3O2/c14-13(15,16)11-2-1-3-12(8-11)18-9-10-4-6-17-7-5-10/h2-3,8,10H,4-7,9H2. The van der Waals surface area contributed by atoms with Crippen LogP contribution in [0.15, 0.2) is 18.2 Å². The molecule has 0 bridgehead atoms. The van der Waals surface area contributed by atoms with Crippen molar-refractivity contribution in [2.75, 3.05) is 19.8 Å². The molecule has 0 aromatic heterocycles. The highest BCUT2D eigenvalue weighted by atomic mass is 19.4. The van der Waals surface area contributed by atoms with Gasteiger partial charge in [-0.05, 0) is 43.0 Å². The van der Waals surface area contributed by atoms with E-state index in [2.05, 4.69) is 6.07 Å². The van der Waals surface area contributed by atoms with Crippen molar-refractivity contribution >= 4 is 0 Å². The average Bonchev–Trinajstić information content (AvgIpc) is 2.37. The van der Waals surface area contributed by atoms with E-state index >= 15 is 0 Å². The van der Waals surface area contributed by atoms with E-state index in [4.69, 9.17) is 9.47 Å². The molecule has 18 heavy (non-hydrogen) atoms. The topological polar surface area (TPSA) is 18.5 Å². The summed E-state index contributed by atoms with van der Waals surface area (Å²) in [6.07, 6.45) is -2.57. The number of halogens is 3. The molecule has 1 aliphatic rings. The van der Waals surface area contributed by atoms with Crippen molar-refractivity contribution in [1.29, 1.82) is 0 Å². The second-order valence-corrected chi connectivity index (χ2v) is 4.32. The maximum atomic E-state index is 12.5. The van der Waals surface area contributed by atoms with Crippen molar-refractivity contribution in [3.05, 3.63) is 29.8 Å². The Balaban J connectivity index is 1.92. The van der Waals surface area contributed by atoms with Gasteiger partial charge in [0, 0.05) is 13.2 Å². The van der Waals surface area contributed by atoms with Gasteiger partial charge in [-0.3, -0.25) is 0 Å². The van der Waals surface area contributed by atoms with Crippen LogP contribution in [-0.2, 0) is 10.9 Å². The smallest absolute Gasteiger partial charge is 0.416 e. The molecule has 0 unspecified atom stereocenters. The molecule has 0 saturated carbocycles. The lowest BCUT2D eigenvalue weighted by molar-refractivity contribution is -0.137. The first kappa shape index (κ1) is 13.2. The van der Waals surface area contributed by atoms with E-state index in [9.17, 15) is 13.2 Å². The summed E-state index contributed by atoms with van der Waals surface area (Å²) in [6, 6.07) is 5.81. The highest BCUT2D eigenvalue weighted by Gasteiger charge is 2.30. The molecule has 2 rings (SSSR count). The van der Waals surface area contributed by atoms with E-state index in [0.717, 1.165) is 25.0 Å². The summed E-state index contributed by atoms with van der Waals surface area (Å²) < 4.78 is 48.0.